The first kappa shape index (κ1) is 11.7. The van der Waals surface area contributed by atoms with Gasteiger partial charge in [0.2, 0.25) is 0 Å². The number of aryl methyl sites for hydroxylation is 1. The van der Waals surface area contributed by atoms with E-state index >= 15 is 0 Å². The van der Waals surface area contributed by atoms with Gasteiger partial charge in [0.05, 0.1) is 17.2 Å². The van der Waals surface area contributed by atoms with E-state index in [4.69, 9.17) is 0 Å². The summed E-state index contributed by atoms with van der Waals surface area (Å²) in [6, 6.07) is 10.8. The molecule has 0 aliphatic heterocycles. The predicted octanol–water partition coefficient (Wildman–Crippen LogP) is 3.99. The van der Waals surface area contributed by atoms with Crippen molar-refractivity contribution in [3.05, 3.63) is 29.8 Å². The average Bonchev–Trinajstić information content (AvgIpc) is 2.21. The highest BCUT2D eigenvalue weighted by Crippen LogP contribution is 2.13. The Bertz CT molecular complexity index is 368. The van der Waals surface area contributed by atoms with Crippen LogP contribution in [-0.2, 0) is 0 Å². The maximum atomic E-state index is 4.28. The molecule has 0 heterocycles. The van der Waals surface area contributed by atoms with Gasteiger partial charge in [-0.25, -0.2) is 4.99 Å². The molecule has 0 atom stereocenters. The molecule has 0 N–H and O–H groups in total. The second kappa shape index (κ2) is 4.90. The molecule has 0 unspecified atom stereocenters. The molecule has 0 amide bonds. The summed E-state index contributed by atoms with van der Waals surface area (Å²) >= 11 is 0. The van der Waals surface area contributed by atoms with Gasteiger partial charge in [-0.05, 0) is 39.3 Å². The van der Waals surface area contributed by atoms with E-state index in [1.807, 2.05) is 24.3 Å². The van der Waals surface area contributed by atoms with E-state index in [1.54, 1.807) is 0 Å². The van der Waals surface area contributed by atoms with E-state index in [-0.39, 0.29) is 5.54 Å². The molecule has 1 aromatic rings. The van der Waals surface area contributed by atoms with E-state index in [0.717, 1.165) is 12.1 Å². The van der Waals surface area contributed by atoms with E-state index in [0.29, 0.717) is 0 Å². The van der Waals surface area contributed by atoms with Crippen molar-refractivity contribution in [3.63, 3.8) is 0 Å². The Morgan fingerprint density at radius 3 is 2.33 bits per heavy atom. The molecular formula is C13H18N2. The van der Waals surface area contributed by atoms with Crippen LogP contribution < -0.4 is 0 Å². The van der Waals surface area contributed by atoms with Gasteiger partial charge in [-0.15, -0.1) is 0 Å². The molecule has 1 aromatic carbocycles. The van der Waals surface area contributed by atoms with Gasteiger partial charge in [0.1, 0.15) is 0 Å². The Labute approximate surface area is 91.8 Å². The van der Waals surface area contributed by atoms with E-state index in [9.17, 15) is 0 Å². The zero-order valence-corrected chi connectivity index (χ0v) is 9.91. The molecule has 2 nitrogen and oxygen atoms in total. The number of hydrogen-bond acceptors (Lipinski definition) is 2. The van der Waals surface area contributed by atoms with Gasteiger partial charge in [0.15, 0.2) is 0 Å². The van der Waals surface area contributed by atoms with Crippen LogP contribution in [0, 0.1) is 6.92 Å². The first-order valence-electron chi connectivity index (χ1n) is 5.28. The second-order valence-electron chi connectivity index (χ2n) is 4.33. The molecule has 0 aromatic heterocycles. The number of nitrogens with zero attached hydrogens (tertiary/aromatic N) is 2. The first-order valence-corrected chi connectivity index (χ1v) is 5.28. The zero-order chi connectivity index (χ0) is 11.3. The van der Waals surface area contributed by atoms with Crippen molar-refractivity contribution in [2.75, 3.05) is 0 Å². The highest BCUT2D eigenvalue weighted by Gasteiger charge is 2.10. The highest BCUT2D eigenvalue weighted by atomic mass is 14.9. The van der Waals surface area contributed by atoms with Gasteiger partial charge < -0.3 is 0 Å². The van der Waals surface area contributed by atoms with Crippen LogP contribution in [0.25, 0.3) is 0 Å². The van der Waals surface area contributed by atoms with Gasteiger partial charge in [-0.3, -0.25) is 0 Å². The van der Waals surface area contributed by atoms with Crippen LogP contribution in [0.2, 0.25) is 0 Å². The summed E-state index contributed by atoms with van der Waals surface area (Å²) in [5, 5.41) is 0. The summed E-state index contributed by atoms with van der Waals surface area (Å²) in [7, 11) is 0. The Balaban J connectivity index is 2.77. The zero-order valence-electron chi connectivity index (χ0n) is 9.91. The van der Waals surface area contributed by atoms with Crippen molar-refractivity contribution in [2.45, 2.75) is 39.7 Å². The molecule has 80 valence electrons. The minimum atomic E-state index is -0.0613. The van der Waals surface area contributed by atoms with Crippen LogP contribution in [0.3, 0.4) is 0 Å². The lowest BCUT2D eigenvalue weighted by molar-refractivity contribution is 0.508. The standard InChI is InChI=1S/C13H18N2/c1-5-13(3,4)15-10-14-12-8-6-11(2)7-9-12/h6-9H,5H2,1-4H3. The van der Waals surface area contributed by atoms with Crippen LogP contribution >= 0.6 is 0 Å². The fraction of sp³-hybridized carbons (Fsp3) is 0.462. The summed E-state index contributed by atoms with van der Waals surface area (Å²) in [5.41, 5.74) is 2.07. The van der Waals surface area contributed by atoms with Crippen molar-refractivity contribution >= 4 is 11.7 Å². The van der Waals surface area contributed by atoms with Crippen LogP contribution in [0.5, 0.6) is 0 Å². The smallest absolute Gasteiger partial charge is 0.0954 e. The quantitative estimate of drug-likeness (QED) is 0.662. The van der Waals surface area contributed by atoms with Gasteiger partial charge in [0, 0.05) is 0 Å². The lowest BCUT2D eigenvalue weighted by Gasteiger charge is -2.13. The number of rotatable bonds is 3. The molecule has 0 saturated heterocycles. The molecule has 2 heteroatoms. The Hall–Kier alpha value is -1.40. The molecule has 0 aliphatic rings. The third kappa shape index (κ3) is 4.09. The minimum Gasteiger partial charge on any atom is -0.219 e. The van der Waals surface area contributed by atoms with Gasteiger partial charge in [-0.1, -0.05) is 24.6 Å². The van der Waals surface area contributed by atoms with Crippen LogP contribution in [0.4, 0.5) is 5.69 Å². The molecule has 0 fully saturated rings. The fourth-order valence-corrected chi connectivity index (χ4v) is 0.916. The van der Waals surface area contributed by atoms with Crippen molar-refractivity contribution in [3.8, 4) is 0 Å². The average molecular weight is 202 g/mol. The molecule has 15 heavy (non-hydrogen) atoms. The van der Waals surface area contributed by atoms with E-state index < -0.39 is 0 Å². The molecule has 0 bridgehead atoms. The summed E-state index contributed by atoms with van der Waals surface area (Å²) < 4.78 is 0. The highest BCUT2D eigenvalue weighted by molar-refractivity contribution is 5.53. The molecule has 0 radical (unpaired) electrons. The molecule has 0 spiro atoms. The first-order chi connectivity index (χ1) is 7.03. The maximum Gasteiger partial charge on any atom is 0.0954 e. The lowest BCUT2D eigenvalue weighted by Crippen LogP contribution is -2.13. The van der Waals surface area contributed by atoms with Crippen molar-refractivity contribution < 1.29 is 0 Å². The number of hydrogen-bond donors (Lipinski definition) is 0. The number of aliphatic imine (C=N–C) groups is 2. The summed E-state index contributed by atoms with van der Waals surface area (Å²) in [4.78, 5) is 8.44. The van der Waals surface area contributed by atoms with Gasteiger partial charge in [0.25, 0.3) is 0 Å². The summed E-state index contributed by atoms with van der Waals surface area (Å²) in [6.07, 6.45) is 0.990. The van der Waals surface area contributed by atoms with Crippen molar-refractivity contribution in [2.24, 2.45) is 9.98 Å². The second-order valence-corrected chi connectivity index (χ2v) is 4.33. The van der Waals surface area contributed by atoms with Crippen molar-refractivity contribution in [1.82, 2.24) is 0 Å². The molecule has 0 aliphatic carbocycles. The van der Waals surface area contributed by atoms with E-state index in [2.05, 4.69) is 43.7 Å². The van der Waals surface area contributed by atoms with Crippen LogP contribution in [-0.4, -0.2) is 11.5 Å². The largest absolute Gasteiger partial charge is 0.219 e. The molecular weight excluding hydrogens is 184 g/mol. The molecule has 0 saturated carbocycles. The third-order valence-electron chi connectivity index (χ3n) is 2.43. The monoisotopic (exact) mass is 202 g/mol. The lowest BCUT2D eigenvalue weighted by atomic mass is 10.0. The third-order valence-corrected chi connectivity index (χ3v) is 2.43. The Morgan fingerprint density at radius 2 is 1.80 bits per heavy atom. The normalized spacial score (nSPS) is 10.7. The summed E-state index contributed by atoms with van der Waals surface area (Å²) in [6.45, 7) is 8.31. The van der Waals surface area contributed by atoms with Gasteiger partial charge in [-0.2, -0.15) is 4.99 Å². The minimum absolute atomic E-state index is 0.0613. The van der Waals surface area contributed by atoms with Crippen molar-refractivity contribution in [1.29, 1.82) is 0 Å². The number of benzene rings is 1. The Kier molecular flexibility index (Phi) is 3.81. The maximum absolute atomic E-state index is 4.28. The molecule has 1 rings (SSSR count). The van der Waals surface area contributed by atoms with E-state index in [1.165, 1.54) is 5.56 Å². The topological polar surface area (TPSA) is 24.7 Å². The predicted molar refractivity (Wildman–Crippen MR) is 65.1 cm³/mol. The van der Waals surface area contributed by atoms with Gasteiger partial charge >= 0.3 is 0 Å². The Morgan fingerprint density at radius 1 is 1.20 bits per heavy atom. The summed E-state index contributed by atoms with van der Waals surface area (Å²) in [5.74, 6) is 0. The fourth-order valence-electron chi connectivity index (χ4n) is 0.916. The van der Waals surface area contributed by atoms with Crippen LogP contribution in [0.1, 0.15) is 32.8 Å². The SMILES string of the molecule is CCC(C)(C)N=C=Nc1ccc(C)cc1. The van der Waals surface area contributed by atoms with Crippen LogP contribution in [0.15, 0.2) is 34.3 Å².